The number of halogens is 1. The van der Waals surface area contributed by atoms with E-state index in [1.165, 1.54) is 22.3 Å². The molecule has 0 radical (unpaired) electrons. The second-order valence-electron chi connectivity index (χ2n) is 6.20. The fourth-order valence-electron chi connectivity index (χ4n) is 3.62. The normalized spacial score (nSPS) is 32.6. The number of ether oxygens (including phenoxy) is 1. The van der Waals surface area contributed by atoms with Gasteiger partial charge >= 0.3 is 0 Å². The van der Waals surface area contributed by atoms with Crippen LogP contribution in [0.4, 0.5) is 0 Å². The van der Waals surface area contributed by atoms with Crippen LogP contribution in [0.25, 0.3) is 0 Å². The van der Waals surface area contributed by atoms with E-state index in [1.54, 1.807) is 0 Å². The van der Waals surface area contributed by atoms with E-state index in [1.807, 2.05) is 0 Å². The quantitative estimate of drug-likeness (QED) is 0.687. The summed E-state index contributed by atoms with van der Waals surface area (Å²) >= 11 is 3.97. The Kier molecular flexibility index (Phi) is 4.42. The van der Waals surface area contributed by atoms with Crippen molar-refractivity contribution >= 4 is 15.9 Å². The van der Waals surface area contributed by atoms with Crippen molar-refractivity contribution in [3.63, 3.8) is 0 Å². The first-order chi connectivity index (χ1) is 8.82. The second-order valence-corrected chi connectivity index (χ2v) is 7.18. The van der Waals surface area contributed by atoms with Crippen molar-refractivity contribution in [2.24, 2.45) is 11.8 Å². The van der Waals surface area contributed by atoms with Crippen LogP contribution in [0.1, 0.15) is 47.9 Å². The first kappa shape index (κ1) is 15.1. The van der Waals surface area contributed by atoms with Crippen molar-refractivity contribution in [3.8, 4) is 0 Å². The van der Waals surface area contributed by atoms with Gasteiger partial charge in [0.15, 0.2) is 0 Å². The Morgan fingerprint density at radius 3 is 1.95 bits per heavy atom. The summed E-state index contributed by atoms with van der Waals surface area (Å²) in [5.41, 5.74) is 5.57. The lowest BCUT2D eigenvalue weighted by molar-refractivity contribution is 0.0511. The van der Waals surface area contributed by atoms with Gasteiger partial charge in [0, 0.05) is 10.7 Å². The minimum atomic E-state index is 0.314. The molecule has 0 aromatic heterocycles. The number of rotatable bonds is 2. The van der Waals surface area contributed by atoms with Gasteiger partial charge in [-0.2, -0.15) is 0 Å². The molecule has 1 fully saturated rings. The number of benzene rings is 1. The van der Waals surface area contributed by atoms with E-state index in [0.717, 1.165) is 0 Å². The summed E-state index contributed by atoms with van der Waals surface area (Å²) in [5.74, 6) is 1.12. The highest BCUT2D eigenvalue weighted by molar-refractivity contribution is 9.09. The highest BCUT2D eigenvalue weighted by Crippen LogP contribution is 2.46. The summed E-state index contributed by atoms with van der Waals surface area (Å²) < 4.78 is 6.00. The van der Waals surface area contributed by atoms with Crippen LogP contribution in [-0.2, 0) is 4.74 Å². The molecule has 0 bridgehead atoms. The van der Waals surface area contributed by atoms with Crippen LogP contribution in [0.3, 0.4) is 0 Å². The van der Waals surface area contributed by atoms with Crippen LogP contribution in [0, 0.1) is 32.6 Å². The third-order valence-electron chi connectivity index (χ3n) is 4.67. The monoisotopic (exact) mass is 324 g/mol. The molecular formula is C17H25BrO. The van der Waals surface area contributed by atoms with Crippen LogP contribution in [-0.4, -0.2) is 12.2 Å². The standard InChI is InChI=1S/C17H25BrO/c1-9-7-10(2)15(11(3)8-9)17(18)16-12(4)13(5)19-14(16)6/h7-8,12-14,16-17H,1-6H3. The zero-order chi connectivity index (χ0) is 14.3. The SMILES string of the molecule is Cc1cc(C)c(C(Br)C2C(C)OC(C)C2C)c(C)c1. The lowest BCUT2D eigenvalue weighted by atomic mass is 9.82. The molecule has 19 heavy (non-hydrogen) atoms. The molecule has 0 spiro atoms. The molecule has 0 saturated carbocycles. The van der Waals surface area contributed by atoms with E-state index in [-0.39, 0.29) is 0 Å². The van der Waals surface area contributed by atoms with Gasteiger partial charge in [0.2, 0.25) is 0 Å². The molecule has 0 N–H and O–H groups in total. The molecule has 5 atom stereocenters. The number of hydrogen-bond donors (Lipinski definition) is 0. The van der Waals surface area contributed by atoms with Gasteiger partial charge in [0.25, 0.3) is 0 Å². The third-order valence-corrected chi connectivity index (χ3v) is 5.74. The average molecular weight is 325 g/mol. The fraction of sp³-hybridized carbons (Fsp3) is 0.647. The molecule has 1 heterocycles. The summed E-state index contributed by atoms with van der Waals surface area (Å²) in [4.78, 5) is 0.378. The Labute approximate surface area is 125 Å². The molecule has 1 aromatic carbocycles. The zero-order valence-electron chi connectivity index (χ0n) is 12.8. The molecule has 1 aromatic rings. The Hall–Kier alpha value is -0.340. The maximum absolute atomic E-state index is 6.00. The summed E-state index contributed by atoms with van der Waals surface area (Å²) in [6.07, 6.45) is 0.667. The third kappa shape index (κ3) is 2.75. The van der Waals surface area contributed by atoms with E-state index >= 15 is 0 Å². The van der Waals surface area contributed by atoms with Crippen molar-refractivity contribution in [3.05, 3.63) is 34.4 Å². The number of hydrogen-bond acceptors (Lipinski definition) is 1. The Morgan fingerprint density at radius 1 is 1.00 bits per heavy atom. The first-order valence-corrected chi connectivity index (χ1v) is 8.11. The van der Waals surface area contributed by atoms with Gasteiger partial charge in [-0.1, -0.05) is 40.5 Å². The van der Waals surface area contributed by atoms with Crippen molar-refractivity contribution in [2.45, 2.75) is 58.6 Å². The molecule has 2 heteroatoms. The maximum atomic E-state index is 6.00. The van der Waals surface area contributed by atoms with E-state index < -0.39 is 0 Å². The van der Waals surface area contributed by atoms with E-state index in [2.05, 4.69) is 69.6 Å². The van der Waals surface area contributed by atoms with Crippen molar-refractivity contribution in [2.75, 3.05) is 0 Å². The van der Waals surface area contributed by atoms with Crippen LogP contribution < -0.4 is 0 Å². The molecule has 2 rings (SSSR count). The summed E-state index contributed by atoms with van der Waals surface area (Å²) in [7, 11) is 0. The molecule has 0 amide bonds. The fourth-order valence-corrected chi connectivity index (χ4v) is 5.25. The van der Waals surface area contributed by atoms with Gasteiger partial charge < -0.3 is 4.74 Å². The lowest BCUT2D eigenvalue weighted by Crippen LogP contribution is -2.23. The highest BCUT2D eigenvalue weighted by atomic mass is 79.9. The molecule has 1 aliphatic rings. The van der Waals surface area contributed by atoms with Gasteiger partial charge in [0.1, 0.15) is 0 Å². The topological polar surface area (TPSA) is 9.23 Å². The van der Waals surface area contributed by atoms with Crippen LogP contribution in [0.15, 0.2) is 12.1 Å². The van der Waals surface area contributed by atoms with Gasteiger partial charge in [-0.05, 0) is 57.2 Å². The highest BCUT2D eigenvalue weighted by Gasteiger charge is 2.41. The Bertz CT molecular complexity index is 445. The smallest absolute Gasteiger partial charge is 0.0596 e. The predicted molar refractivity (Wildman–Crippen MR) is 85.0 cm³/mol. The van der Waals surface area contributed by atoms with E-state index in [9.17, 15) is 0 Å². The molecule has 0 aliphatic carbocycles. The minimum Gasteiger partial charge on any atom is -0.375 e. The Morgan fingerprint density at radius 2 is 1.53 bits per heavy atom. The number of aryl methyl sites for hydroxylation is 3. The van der Waals surface area contributed by atoms with Gasteiger partial charge in [-0.15, -0.1) is 0 Å². The molecule has 5 unspecified atom stereocenters. The first-order valence-electron chi connectivity index (χ1n) is 7.20. The summed E-state index contributed by atoms with van der Waals surface area (Å²) in [6, 6.07) is 4.57. The van der Waals surface area contributed by atoms with Crippen molar-refractivity contribution in [1.29, 1.82) is 0 Å². The minimum absolute atomic E-state index is 0.314. The van der Waals surface area contributed by atoms with Gasteiger partial charge in [-0.25, -0.2) is 0 Å². The summed E-state index contributed by atoms with van der Waals surface area (Å²) in [6.45, 7) is 13.3. The maximum Gasteiger partial charge on any atom is 0.0596 e. The van der Waals surface area contributed by atoms with Crippen LogP contribution >= 0.6 is 15.9 Å². The van der Waals surface area contributed by atoms with E-state index in [4.69, 9.17) is 4.74 Å². The molecule has 1 saturated heterocycles. The van der Waals surface area contributed by atoms with Gasteiger partial charge in [0.05, 0.1) is 12.2 Å². The van der Waals surface area contributed by atoms with Gasteiger partial charge in [-0.3, -0.25) is 0 Å². The number of alkyl halides is 1. The lowest BCUT2D eigenvalue weighted by Gasteiger charge is -2.27. The van der Waals surface area contributed by atoms with Crippen LogP contribution in [0.5, 0.6) is 0 Å². The predicted octanol–water partition coefficient (Wildman–Crippen LogP) is 5.11. The van der Waals surface area contributed by atoms with Crippen molar-refractivity contribution in [1.82, 2.24) is 0 Å². The van der Waals surface area contributed by atoms with E-state index in [0.29, 0.717) is 28.9 Å². The zero-order valence-corrected chi connectivity index (χ0v) is 14.4. The summed E-state index contributed by atoms with van der Waals surface area (Å²) in [5, 5.41) is 0. The second kappa shape index (κ2) is 5.57. The molecule has 1 aliphatic heterocycles. The average Bonchev–Trinajstić information content (AvgIpc) is 2.51. The molecular weight excluding hydrogens is 300 g/mol. The Balaban J connectivity index is 2.37. The van der Waals surface area contributed by atoms with Crippen molar-refractivity contribution < 1.29 is 4.74 Å². The molecule has 106 valence electrons. The largest absolute Gasteiger partial charge is 0.375 e. The van der Waals surface area contributed by atoms with Crippen LogP contribution in [0.2, 0.25) is 0 Å². The molecule has 1 nitrogen and oxygen atoms in total.